The van der Waals surface area contributed by atoms with Crippen LogP contribution in [-0.4, -0.2) is 35.0 Å². The monoisotopic (exact) mass is 333 g/mol. The van der Waals surface area contributed by atoms with Crippen molar-refractivity contribution in [3.05, 3.63) is 22.4 Å². The zero-order valence-electron chi connectivity index (χ0n) is 11.2. The van der Waals surface area contributed by atoms with Gasteiger partial charge in [0.2, 0.25) is 5.91 Å². The summed E-state index contributed by atoms with van der Waals surface area (Å²) >= 11 is 1.73. The van der Waals surface area contributed by atoms with Gasteiger partial charge in [0.1, 0.15) is 0 Å². The Balaban J connectivity index is 1.88. The molecule has 1 amide bonds. The molecule has 0 aliphatic carbocycles. The van der Waals surface area contributed by atoms with Gasteiger partial charge in [0, 0.05) is 29.3 Å². The van der Waals surface area contributed by atoms with Crippen LogP contribution in [0.2, 0.25) is 0 Å². The Morgan fingerprint density at radius 1 is 1.25 bits per heavy atom. The third kappa shape index (κ3) is 9.28. The van der Waals surface area contributed by atoms with Gasteiger partial charge in [-0.2, -0.15) is 0 Å². The number of amides is 1. The molecule has 1 rings (SSSR count). The molecule has 0 radical (unpaired) electrons. The van der Waals surface area contributed by atoms with Gasteiger partial charge in [-0.15, -0.1) is 11.3 Å². The fourth-order valence-electron chi connectivity index (χ4n) is 1.45. The Hall–Kier alpha value is -0.660. The summed E-state index contributed by atoms with van der Waals surface area (Å²) in [5, 5.41) is 13.4. The molecule has 20 heavy (non-hydrogen) atoms. The molecule has 1 aromatic heterocycles. The van der Waals surface area contributed by atoms with Crippen molar-refractivity contribution in [2.24, 2.45) is 0 Å². The van der Waals surface area contributed by atoms with Crippen molar-refractivity contribution in [1.29, 1.82) is 0 Å². The van der Waals surface area contributed by atoms with Gasteiger partial charge in [0.15, 0.2) is 0 Å². The predicted octanol–water partition coefficient (Wildman–Crippen LogP) is 3.04. The number of carboxylic acids is 1. The molecular formula is C13H19NO3S3. The summed E-state index contributed by atoms with van der Waals surface area (Å²) in [5.74, 6) is 0.741. The van der Waals surface area contributed by atoms with Crippen LogP contribution in [0.3, 0.4) is 0 Å². The van der Waals surface area contributed by atoms with Gasteiger partial charge >= 0.3 is 5.97 Å². The SMILES string of the molecule is O=C(O)CCSSCCNC(=O)CCCc1cccs1. The van der Waals surface area contributed by atoms with E-state index in [1.54, 1.807) is 22.1 Å². The van der Waals surface area contributed by atoms with Crippen molar-refractivity contribution in [1.82, 2.24) is 5.32 Å². The number of hydrogen-bond donors (Lipinski definition) is 2. The number of carbonyl (C=O) groups is 2. The molecule has 0 unspecified atom stereocenters. The molecule has 0 atom stereocenters. The van der Waals surface area contributed by atoms with Gasteiger partial charge in [0.25, 0.3) is 0 Å². The first-order chi connectivity index (χ1) is 9.68. The molecule has 7 heteroatoms. The third-order valence-electron chi connectivity index (χ3n) is 2.40. The summed E-state index contributed by atoms with van der Waals surface area (Å²) in [6, 6.07) is 4.12. The number of aryl methyl sites for hydroxylation is 1. The van der Waals surface area contributed by atoms with Crippen molar-refractivity contribution in [3.8, 4) is 0 Å². The van der Waals surface area contributed by atoms with Crippen LogP contribution in [0.4, 0.5) is 0 Å². The summed E-state index contributed by atoms with van der Waals surface area (Å²) < 4.78 is 0. The van der Waals surface area contributed by atoms with Crippen LogP contribution in [0.15, 0.2) is 17.5 Å². The summed E-state index contributed by atoms with van der Waals surface area (Å²) in [4.78, 5) is 23.2. The minimum Gasteiger partial charge on any atom is -0.481 e. The Morgan fingerprint density at radius 3 is 2.75 bits per heavy atom. The molecule has 0 saturated carbocycles. The smallest absolute Gasteiger partial charge is 0.304 e. The van der Waals surface area contributed by atoms with E-state index in [9.17, 15) is 9.59 Å². The largest absolute Gasteiger partial charge is 0.481 e. The first-order valence-electron chi connectivity index (χ1n) is 6.44. The molecule has 1 aromatic rings. The zero-order valence-corrected chi connectivity index (χ0v) is 13.6. The van der Waals surface area contributed by atoms with E-state index in [4.69, 9.17) is 5.11 Å². The summed E-state index contributed by atoms with van der Waals surface area (Å²) in [6.45, 7) is 0.641. The lowest BCUT2D eigenvalue weighted by molar-refractivity contribution is -0.136. The van der Waals surface area contributed by atoms with Crippen molar-refractivity contribution < 1.29 is 14.7 Å². The molecule has 112 valence electrons. The van der Waals surface area contributed by atoms with Crippen molar-refractivity contribution >= 4 is 44.8 Å². The topological polar surface area (TPSA) is 66.4 Å². The number of rotatable bonds is 11. The van der Waals surface area contributed by atoms with Crippen LogP contribution in [-0.2, 0) is 16.0 Å². The van der Waals surface area contributed by atoms with Gasteiger partial charge in [0.05, 0.1) is 6.42 Å². The minimum absolute atomic E-state index is 0.0951. The van der Waals surface area contributed by atoms with Gasteiger partial charge < -0.3 is 10.4 Å². The fraction of sp³-hybridized carbons (Fsp3) is 0.538. The maximum Gasteiger partial charge on any atom is 0.304 e. The Morgan fingerprint density at radius 2 is 2.05 bits per heavy atom. The van der Waals surface area contributed by atoms with Crippen LogP contribution < -0.4 is 5.32 Å². The lowest BCUT2D eigenvalue weighted by Gasteiger charge is -2.04. The lowest BCUT2D eigenvalue weighted by Crippen LogP contribution is -2.25. The molecule has 0 bridgehead atoms. The molecule has 0 aliphatic rings. The third-order valence-corrected chi connectivity index (χ3v) is 5.74. The highest BCUT2D eigenvalue weighted by Gasteiger charge is 2.02. The van der Waals surface area contributed by atoms with E-state index >= 15 is 0 Å². The minimum atomic E-state index is -0.767. The van der Waals surface area contributed by atoms with Gasteiger partial charge in [-0.25, -0.2) is 0 Å². The first kappa shape index (κ1) is 17.4. The van der Waals surface area contributed by atoms with Gasteiger partial charge in [-0.3, -0.25) is 9.59 Å². The number of aliphatic carboxylic acids is 1. The second kappa shape index (κ2) is 11.0. The standard InChI is InChI=1S/C13H19NO3S3/c15-12(5-1-3-11-4-2-8-18-11)14-7-10-20-19-9-6-13(16)17/h2,4,8H,1,3,5-7,9-10H2,(H,14,15)(H,16,17). The van der Waals surface area contributed by atoms with Gasteiger partial charge in [-0.1, -0.05) is 27.7 Å². The highest BCUT2D eigenvalue weighted by molar-refractivity contribution is 8.76. The van der Waals surface area contributed by atoms with Crippen LogP contribution in [0.5, 0.6) is 0 Å². The van der Waals surface area contributed by atoms with E-state index in [0.717, 1.165) is 18.6 Å². The Labute approximate surface area is 131 Å². The molecule has 0 aliphatic heterocycles. The van der Waals surface area contributed by atoms with Crippen molar-refractivity contribution in [3.63, 3.8) is 0 Å². The second-order valence-corrected chi connectivity index (χ2v) is 7.80. The van der Waals surface area contributed by atoms with Crippen LogP contribution in [0.1, 0.15) is 24.1 Å². The Kier molecular flexibility index (Phi) is 9.61. The van der Waals surface area contributed by atoms with Crippen LogP contribution >= 0.6 is 32.9 Å². The molecule has 0 spiro atoms. The van der Waals surface area contributed by atoms with Crippen molar-refractivity contribution in [2.75, 3.05) is 18.1 Å². The number of carboxylic acid groups (broad SMARTS) is 1. The molecule has 2 N–H and O–H groups in total. The first-order valence-corrected chi connectivity index (χ1v) is 9.80. The highest BCUT2D eigenvalue weighted by atomic mass is 33.1. The van der Waals surface area contributed by atoms with Crippen LogP contribution in [0, 0.1) is 0 Å². The van der Waals surface area contributed by atoms with Crippen LogP contribution in [0.25, 0.3) is 0 Å². The number of thiophene rings is 1. The molecule has 0 aromatic carbocycles. The van der Waals surface area contributed by atoms with Crippen molar-refractivity contribution in [2.45, 2.75) is 25.7 Å². The normalized spacial score (nSPS) is 10.4. The summed E-state index contributed by atoms with van der Waals surface area (Å²) in [6.07, 6.45) is 2.60. The highest BCUT2D eigenvalue weighted by Crippen LogP contribution is 2.20. The summed E-state index contributed by atoms with van der Waals surface area (Å²) in [7, 11) is 3.13. The molecule has 4 nitrogen and oxygen atoms in total. The van der Waals surface area contributed by atoms with E-state index in [1.165, 1.54) is 15.7 Å². The number of carbonyl (C=O) groups excluding carboxylic acids is 1. The average Bonchev–Trinajstić information content (AvgIpc) is 2.90. The lowest BCUT2D eigenvalue weighted by atomic mass is 10.2. The maximum absolute atomic E-state index is 11.5. The van der Waals surface area contributed by atoms with E-state index in [2.05, 4.69) is 16.8 Å². The number of hydrogen-bond acceptors (Lipinski definition) is 5. The van der Waals surface area contributed by atoms with E-state index in [0.29, 0.717) is 18.7 Å². The molecule has 1 heterocycles. The zero-order chi connectivity index (χ0) is 14.6. The number of nitrogens with one attached hydrogen (secondary N) is 1. The molecule has 0 fully saturated rings. The van der Waals surface area contributed by atoms with E-state index in [-0.39, 0.29) is 12.3 Å². The maximum atomic E-state index is 11.5. The Bertz CT molecular complexity index is 396. The second-order valence-electron chi connectivity index (χ2n) is 4.07. The molecule has 0 saturated heterocycles. The summed E-state index contributed by atoms with van der Waals surface area (Å²) in [5.41, 5.74) is 0. The van der Waals surface area contributed by atoms with E-state index < -0.39 is 5.97 Å². The quantitative estimate of drug-likeness (QED) is 0.481. The fourth-order valence-corrected chi connectivity index (χ4v) is 4.08. The average molecular weight is 334 g/mol. The molecular weight excluding hydrogens is 314 g/mol. The predicted molar refractivity (Wildman–Crippen MR) is 87.4 cm³/mol. The van der Waals surface area contributed by atoms with E-state index in [1.807, 2.05) is 6.07 Å². The van der Waals surface area contributed by atoms with Gasteiger partial charge in [-0.05, 0) is 24.3 Å².